The van der Waals surface area contributed by atoms with E-state index in [2.05, 4.69) is 18.7 Å². The van der Waals surface area contributed by atoms with Gasteiger partial charge in [-0.15, -0.1) is 0 Å². The van der Waals surface area contributed by atoms with Crippen LogP contribution >= 0.6 is 0 Å². The Morgan fingerprint density at radius 3 is 2.44 bits per heavy atom. The predicted molar refractivity (Wildman–Crippen MR) is 63.4 cm³/mol. The number of hydrogen-bond donors (Lipinski definition) is 1. The lowest BCUT2D eigenvalue weighted by atomic mass is 9.88. The third-order valence-electron chi connectivity index (χ3n) is 3.81. The van der Waals surface area contributed by atoms with Crippen molar-refractivity contribution in [1.82, 2.24) is 4.90 Å². The molecule has 2 saturated heterocycles. The molecule has 2 aliphatic rings. The molecule has 0 aromatic carbocycles. The van der Waals surface area contributed by atoms with Gasteiger partial charge < -0.3 is 15.2 Å². The SMILES string of the molecule is CC1(C)COCCN1CC1(N)CCOCC1. The molecule has 0 unspecified atom stereocenters. The van der Waals surface area contributed by atoms with Crippen LogP contribution in [-0.2, 0) is 9.47 Å². The van der Waals surface area contributed by atoms with E-state index in [9.17, 15) is 0 Å². The molecule has 16 heavy (non-hydrogen) atoms. The number of nitrogens with two attached hydrogens (primary N) is 1. The summed E-state index contributed by atoms with van der Waals surface area (Å²) in [5.41, 5.74) is 6.50. The maximum absolute atomic E-state index is 6.45. The minimum absolute atomic E-state index is 0.0626. The van der Waals surface area contributed by atoms with Crippen molar-refractivity contribution in [1.29, 1.82) is 0 Å². The van der Waals surface area contributed by atoms with Gasteiger partial charge in [0.1, 0.15) is 0 Å². The van der Waals surface area contributed by atoms with Crippen LogP contribution in [0.15, 0.2) is 0 Å². The molecule has 4 heteroatoms. The molecule has 0 saturated carbocycles. The van der Waals surface area contributed by atoms with Crippen LogP contribution in [0.3, 0.4) is 0 Å². The van der Waals surface area contributed by atoms with Crippen molar-refractivity contribution in [2.24, 2.45) is 5.73 Å². The Bertz CT molecular complexity index is 237. The fraction of sp³-hybridized carbons (Fsp3) is 1.00. The maximum Gasteiger partial charge on any atom is 0.0645 e. The zero-order valence-corrected chi connectivity index (χ0v) is 10.5. The van der Waals surface area contributed by atoms with Crippen LogP contribution in [0.4, 0.5) is 0 Å². The predicted octanol–water partition coefficient (Wildman–Crippen LogP) is 0.605. The van der Waals surface area contributed by atoms with E-state index in [0.29, 0.717) is 0 Å². The summed E-state index contributed by atoms with van der Waals surface area (Å²) in [5, 5.41) is 0. The molecule has 4 nitrogen and oxygen atoms in total. The lowest BCUT2D eigenvalue weighted by molar-refractivity contribution is -0.0686. The van der Waals surface area contributed by atoms with E-state index in [1.807, 2.05) is 0 Å². The van der Waals surface area contributed by atoms with Gasteiger partial charge in [-0.25, -0.2) is 0 Å². The van der Waals surface area contributed by atoms with Gasteiger partial charge >= 0.3 is 0 Å². The standard InChI is InChI=1S/C12H24N2O2/c1-11(2)10-16-8-5-14(11)9-12(13)3-6-15-7-4-12/h3-10,13H2,1-2H3. The van der Waals surface area contributed by atoms with Crippen molar-refractivity contribution in [3.05, 3.63) is 0 Å². The lowest BCUT2D eigenvalue weighted by Crippen LogP contribution is -2.61. The molecule has 2 N–H and O–H groups in total. The number of nitrogens with zero attached hydrogens (tertiary/aromatic N) is 1. The van der Waals surface area contributed by atoms with E-state index in [-0.39, 0.29) is 11.1 Å². The van der Waals surface area contributed by atoms with Crippen LogP contribution < -0.4 is 5.73 Å². The summed E-state index contributed by atoms with van der Waals surface area (Å²) in [6, 6.07) is 0. The molecule has 0 aromatic heterocycles. The number of hydrogen-bond acceptors (Lipinski definition) is 4. The topological polar surface area (TPSA) is 47.7 Å². The number of rotatable bonds is 2. The highest BCUT2D eigenvalue weighted by Gasteiger charge is 2.37. The van der Waals surface area contributed by atoms with Crippen LogP contribution in [0.5, 0.6) is 0 Å². The second kappa shape index (κ2) is 4.61. The molecular weight excluding hydrogens is 204 g/mol. The van der Waals surface area contributed by atoms with Crippen molar-refractivity contribution in [2.75, 3.05) is 39.5 Å². The monoisotopic (exact) mass is 228 g/mol. The van der Waals surface area contributed by atoms with Crippen LogP contribution in [0.1, 0.15) is 26.7 Å². The average molecular weight is 228 g/mol. The molecule has 2 heterocycles. The van der Waals surface area contributed by atoms with Crippen LogP contribution in [0.2, 0.25) is 0 Å². The summed E-state index contributed by atoms with van der Waals surface area (Å²) >= 11 is 0. The highest BCUT2D eigenvalue weighted by Crippen LogP contribution is 2.25. The molecule has 0 radical (unpaired) electrons. The summed E-state index contributed by atoms with van der Waals surface area (Å²) in [6.07, 6.45) is 1.95. The lowest BCUT2D eigenvalue weighted by Gasteiger charge is -2.47. The van der Waals surface area contributed by atoms with Crippen LogP contribution in [0.25, 0.3) is 0 Å². The van der Waals surface area contributed by atoms with Crippen LogP contribution in [-0.4, -0.2) is 55.5 Å². The van der Waals surface area contributed by atoms with E-state index < -0.39 is 0 Å². The van der Waals surface area contributed by atoms with E-state index in [1.165, 1.54) is 0 Å². The van der Waals surface area contributed by atoms with Crippen molar-refractivity contribution < 1.29 is 9.47 Å². The molecule has 0 spiro atoms. The molecule has 0 aromatic rings. The van der Waals surface area contributed by atoms with E-state index >= 15 is 0 Å². The average Bonchev–Trinajstić information content (AvgIpc) is 2.22. The molecule has 0 atom stereocenters. The zero-order valence-electron chi connectivity index (χ0n) is 10.5. The maximum atomic E-state index is 6.45. The van der Waals surface area contributed by atoms with Gasteiger partial charge in [0.15, 0.2) is 0 Å². The molecule has 0 bridgehead atoms. The smallest absolute Gasteiger partial charge is 0.0645 e. The fourth-order valence-electron chi connectivity index (χ4n) is 2.50. The molecule has 2 fully saturated rings. The van der Waals surface area contributed by atoms with Gasteiger partial charge in [-0.2, -0.15) is 0 Å². The van der Waals surface area contributed by atoms with Gasteiger partial charge in [-0.3, -0.25) is 4.90 Å². The van der Waals surface area contributed by atoms with Gasteiger partial charge in [-0.1, -0.05) is 0 Å². The third-order valence-corrected chi connectivity index (χ3v) is 3.81. The number of ether oxygens (including phenoxy) is 2. The zero-order chi connectivity index (χ0) is 11.6. The fourth-order valence-corrected chi connectivity index (χ4v) is 2.50. The van der Waals surface area contributed by atoms with Gasteiger partial charge in [0.2, 0.25) is 0 Å². The molecular formula is C12H24N2O2. The Hall–Kier alpha value is -0.160. The largest absolute Gasteiger partial charge is 0.381 e. The van der Waals surface area contributed by atoms with Gasteiger partial charge in [0, 0.05) is 37.4 Å². The van der Waals surface area contributed by atoms with Crippen molar-refractivity contribution in [3.63, 3.8) is 0 Å². The summed E-state index contributed by atoms with van der Waals surface area (Å²) in [4.78, 5) is 2.47. The summed E-state index contributed by atoms with van der Waals surface area (Å²) in [7, 11) is 0. The highest BCUT2D eigenvalue weighted by atomic mass is 16.5. The first kappa shape index (κ1) is 12.3. The Morgan fingerprint density at radius 2 is 1.81 bits per heavy atom. The molecule has 0 amide bonds. The van der Waals surface area contributed by atoms with E-state index in [4.69, 9.17) is 15.2 Å². The first-order valence-corrected chi connectivity index (χ1v) is 6.21. The summed E-state index contributed by atoms with van der Waals surface area (Å²) in [6.45, 7) is 9.67. The normalized spacial score (nSPS) is 30.2. The first-order valence-electron chi connectivity index (χ1n) is 6.21. The van der Waals surface area contributed by atoms with Crippen molar-refractivity contribution in [2.45, 2.75) is 37.8 Å². The van der Waals surface area contributed by atoms with Crippen molar-refractivity contribution >= 4 is 0 Å². The third kappa shape index (κ3) is 2.74. The molecule has 2 aliphatic heterocycles. The van der Waals surface area contributed by atoms with E-state index in [0.717, 1.165) is 52.4 Å². The quantitative estimate of drug-likeness (QED) is 0.752. The highest BCUT2D eigenvalue weighted by molar-refractivity contribution is 4.94. The minimum atomic E-state index is -0.0626. The summed E-state index contributed by atoms with van der Waals surface area (Å²) in [5.74, 6) is 0. The van der Waals surface area contributed by atoms with Crippen molar-refractivity contribution in [3.8, 4) is 0 Å². The van der Waals surface area contributed by atoms with Gasteiger partial charge in [0.05, 0.1) is 13.2 Å². The second-order valence-corrected chi connectivity index (χ2v) is 5.76. The molecule has 2 rings (SSSR count). The van der Waals surface area contributed by atoms with E-state index in [1.54, 1.807) is 0 Å². The summed E-state index contributed by atoms with van der Waals surface area (Å²) < 4.78 is 10.9. The Balaban J connectivity index is 1.96. The van der Waals surface area contributed by atoms with Crippen LogP contribution in [0, 0.1) is 0 Å². The number of morpholine rings is 1. The molecule has 0 aliphatic carbocycles. The Kier molecular flexibility index (Phi) is 3.54. The second-order valence-electron chi connectivity index (χ2n) is 5.76. The van der Waals surface area contributed by atoms with Gasteiger partial charge in [-0.05, 0) is 26.7 Å². The Morgan fingerprint density at radius 1 is 1.12 bits per heavy atom. The van der Waals surface area contributed by atoms with Gasteiger partial charge in [0.25, 0.3) is 0 Å². The first-order chi connectivity index (χ1) is 7.52. The molecule has 94 valence electrons. The minimum Gasteiger partial charge on any atom is -0.381 e. The Labute approximate surface area is 98.1 Å².